The Bertz CT molecular complexity index is 1160. The van der Waals surface area contributed by atoms with E-state index in [1.807, 2.05) is 6.07 Å². The lowest BCUT2D eigenvalue weighted by Gasteiger charge is -2.35. The number of fused-ring (bicyclic) bond motifs is 1. The minimum absolute atomic E-state index is 0.113. The summed E-state index contributed by atoms with van der Waals surface area (Å²) in [6.07, 6.45) is 0. The lowest BCUT2D eigenvalue weighted by Crippen LogP contribution is -2.51. The van der Waals surface area contributed by atoms with Crippen LogP contribution in [-0.4, -0.2) is 61.5 Å². The zero-order valence-electron chi connectivity index (χ0n) is 17.1. The van der Waals surface area contributed by atoms with Crippen molar-refractivity contribution in [2.24, 2.45) is 0 Å². The van der Waals surface area contributed by atoms with E-state index in [0.717, 1.165) is 5.39 Å². The Morgan fingerprint density at radius 1 is 0.968 bits per heavy atom. The monoisotopic (exact) mass is 422 g/mol. The molecule has 8 heteroatoms. The summed E-state index contributed by atoms with van der Waals surface area (Å²) < 4.78 is 16.0. The van der Waals surface area contributed by atoms with E-state index >= 15 is 0 Å². The molecule has 31 heavy (non-hydrogen) atoms. The Labute approximate surface area is 178 Å². The topological polar surface area (TPSA) is 89.3 Å². The standard InChI is InChI=1S/C23H22N2O6/c1-29-19-5-3-2-4-18(19)23(28)25-12-10-24(11-13-25)21(26)15-30-17-8-6-16-7-9-22(27)31-20(16)14-17/h2-9,14H,10-13,15H2,1H3. The van der Waals surface area contributed by atoms with Crippen LogP contribution in [-0.2, 0) is 4.79 Å². The normalized spacial score (nSPS) is 13.8. The van der Waals surface area contributed by atoms with E-state index < -0.39 is 5.63 Å². The molecular weight excluding hydrogens is 400 g/mol. The first-order valence-electron chi connectivity index (χ1n) is 9.92. The molecule has 160 valence electrons. The minimum atomic E-state index is -0.443. The summed E-state index contributed by atoms with van der Waals surface area (Å²) in [6.45, 7) is 1.59. The number of hydrogen-bond acceptors (Lipinski definition) is 6. The molecule has 1 aromatic heterocycles. The van der Waals surface area contributed by atoms with Crippen molar-refractivity contribution in [1.29, 1.82) is 0 Å². The molecular formula is C23H22N2O6. The fourth-order valence-corrected chi connectivity index (χ4v) is 3.52. The number of rotatable bonds is 5. The van der Waals surface area contributed by atoms with Gasteiger partial charge in [-0.1, -0.05) is 12.1 Å². The Morgan fingerprint density at radius 3 is 2.45 bits per heavy atom. The second-order valence-electron chi connectivity index (χ2n) is 7.12. The fraction of sp³-hybridized carbons (Fsp3) is 0.261. The van der Waals surface area contributed by atoms with Gasteiger partial charge in [0.05, 0.1) is 12.7 Å². The van der Waals surface area contributed by atoms with Crippen LogP contribution in [0, 0.1) is 0 Å². The van der Waals surface area contributed by atoms with E-state index in [2.05, 4.69) is 0 Å². The SMILES string of the molecule is COc1ccccc1C(=O)N1CCN(C(=O)COc2ccc3ccc(=O)oc3c2)CC1. The molecule has 1 saturated heterocycles. The molecule has 1 aliphatic heterocycles. The Hall–Kier alpha value is -3.81. The Morgan fingerprint density at radius 2 is 1.68 bits per heavy atom. The van der Waals surface area contributed by atoms with Gasteiger partial charge >= 0.3 is 5.63 Å². The first-order valence-corrected chi connectivity index (χ1v) is 9.92. The lowest BCUT2D eigenvalue weighted by molar-refractivity contribution is -0.134. The number of benzene rings is 2. The van der Waals surface area contributed by atoms with Crippen molar-refractivity contribution in [3.05, 3.63) is 70.6 Å². The summed E-state index contributed by atoms with van der Waals surface area (Å²) in [5.74, 6) is 0.697. The number of para-hydroxylation sites is 1. The third kappa shape index (κ3) is 4.53. The molecule has 1 aliphatic rings. The predicted molar refractivity (Wildman–Crippen MR) is 113 cm³/mol. The van der Waals surface area contributed by atoms with Crippen LogP contribution in [0.2, 0.25) is 0 Å². The molecule has 0 aliphatic carbocycles. The Kier molecular flexibility index (Phi) is 5.88. The smallest absolute Gasteiger partial charge is 0.336 e. The average molecular weight is 422 g/mol. The van der Waals surface area contributed by atoms with Crippen LogP contribution in [0.3, 0.4) is 0 Å². The fourth-order valence-electron chi connectivity index (χ4n) is 3.52. The van der Waals surface area contributed by atoms with Crippen molar-refractivity contribution >= 4 is 22.8 Å². The molecule has 0 spiro atoms. The molecule has 0 N–H and O–H groups in total. The molecule has 2 aromatic carbocycles. The minimum Gasteiger partial charge on any atom is -0.496 e. The van der Waals surface area contributed by atoms with Crippen molar-refractivity contribution in [1.82, 2.24) is 9.80 Å². The molecule has 0 radical (unpaired) electrons. The van der Waals surface area contributed by atoms with Crippen molar-refractivity contribution in [3.8, 4) is 11.5 Å². The first-order chi connectivity index (χ1) is 15.0. The average Bonchev–Trinajstić information content (AvgIpc) is 2.81. The highest BCUT2D eigenvalue weighted by Crippen LogP contribution is 2.21. The number of carbonyl (C=O) groups is 2. The van der Waals surface area contributed by atoms with Gasteiger partial charge in [-0.3, -0.25) is 9.59 Å². The van der Waals surface area contributed by atoms with Crippen LogP contribution in [0.5, 0.6) is 11.5 Å². The lowest BCUT2D eigenvalue weighted by atomic mass is 10.1. The van der Waals surface area contributed by atoms with E-state index in [0.29, 0.717) is 48.8 Å². The van der Waals surface area contributed by atoms with Gasteiger partial charge in [0.2, 0.25) is 0 Å². The van der Waals surface area contributed by atoms with Crippen LogP contribution in [0.15, 0.2) is 63.8 Å². The summed E-state index contributed by atoms with van der Waals surface area (Å²) in [5.41, 5.74) is 0.471. The molecule has 2 heterocycles. The maximum Gasteiger partial charge on any atom is 0.336 e. The quantitative estimate of drug-likeness (QED) is 0.586. The number of hydrogen-bond donors (Lipinski definition) is 0. The van der Waals surface area contributed by atoms with Gasteiger partial charge in [-0.25, -0.2) is 4.79 Å². The molecule has 1 fully saturated rings. The van der Waals surface area contributed by atoms with Gasteiger partial charge in [0.15, 0.2) is 6.61 Å². The highest BCUT2D eigenvalue weighted by Gasteiger charge is 2.26. The van der Waals surface area contributed by atoms with Gasteiger partial charge in [0.1, 0.15) is 17.1 Å². The Balaban J connectivity index is 1.32. The van der Waals surface area contributed by atoms with Crippen LogP contribution < -0.4 is 15.1 Å². The van der Waals surface area contributed by atoms with Crippen molar-refractivity contribution in [2.75, 3.05) is 39.9 Å². The number of carbonyl (C=O) groups excluding carboxylic acids is 2. The third-order valence-corrected chi connectivity index (χ3v) is 5.21. The van der Waals surface area contributed by atoms with Gasteiger partial charge in [0, 0.05) is 43.7 Å². The van der Waals surface area contributed by atoms with E-state index in [1.54, 1.807) is 52.3 Å². The van der Waals surface area contributed by atoms with Crippen LogP contribution in [0.1, 0.15) is 10.4 Å². The van der Waals surface area contributed by atoms with Gasteiger partial charge < -0.3 is 23.7 Å². The second-order valence-corrected chi connectivity index (χ2v) is 7.12. The molecule has 8 nitrogen and oxygen atoms in total. The molecule has 3 aromatic rings. The number of amides is 2. The summed E-state index contributed by atoms with van der Waals surface area (Å²) >= 11 is 0. The maximum atomic E-state index is 12.8. The zero-order valence-corrected chi connectivity index (χ0v) is 17.1. The van der Waals surface area contributed by atoms with Gasteiger partial charge in [0.25, 0.3) is 11.8 Å². The molecule has 0 saturated carbocycles. The van der Waals surface area contributed by atoms with Crippen LogP contribution in [0.4, 0.5) is 0 Å². The maximum absolute atomic E-state index is 12.8. The highest BCUT2D eigenvalue weighted by molar-refractivity contribution is 5.97. The van der Waals surface area contributed by atoms with E-state index in [4.69, 9.17) is 13.9 Å². The van der Waals surface area contributed by atoms with E-state index in [-0.39, 0.29) is 18.4 Å². The van der Waals surface area contributed by atoms with Crippen LogP contribution in [0.25, 0.3) is 11.0 Å². The molecule has 2 amide bonds. The highest BCUT2D eigenvalue weighted by atomic mass is 16.5. The van der Waals surface area contributed by atoms with E-state index in [9.17, 15) is 14.4 Å². The molecule has 0 unspecified atom stereocenters. The third-order valence-electron chi connectivity index (χ3n) is 5.21. The second kappa shape index (κ2) is 8.91. The number of ether oxygens (including phenoxy) is 2. The summed E-state index contributed by atoms with van der Waals surface area (Å²) in [5, 5.41) is 0.772. The van der Waals surface area contributed by atoms with Gasteiger partial charge in [-0.15, -0.1) is 0 Å². The molecule has 0 atom stereocenters. The molecule has 0 bridgehead atoms. The number of nitrogens with zero attached hydrogens (tertiary/aromatic N) is 2. The summed E-state index contributed by atoms with van der Waals surface area (Å²) in [4.78, 5) is 40.1. The van der Waals surface area contributed by atoms with Crippen molar-refractivity contribution in [3.63, 3.8) is 0 Å². The van der Waals surface area contributed by atoms with Gasteiger partial charge in [-0.2, -0.15) is 0 Å². The van der Waals surface area contributed by atoms with Crippen molar-refractivity contribution < 1.29 is 23.5 Å². The zero-order chi connectivity index (χ0) is 21.8. The molecule has 4 rings (SSSR count). The van der Waals surface area contributed by atoms with E-state index in [1.165, 1.54) is 13.2 Å². The van der Waals surface area contributed by atoms with Gasteiger partial charge in [-0.05, 0) is 30.3 Å². The van der Waals surface area contributed by atoms with Crippen molar-refractivity contribution in [2.45, 2.75) is 0 Å². The summed E-state index contributed by atoms with van der Waals surface area (Å²) in [7, 11) is 1.53. The largest absolute Gasteiger partial charge is 0.496 e. The van der Waals surface area contributed by atoms with Crippen LogP contribution >= 0.6 is 0 Å². The number of methoxy groups -OCH3 is 1. The number of piperazine rings is 1. The predicted octanol–water partition coefficient (Wildman–Crippen LogP) is 2.17. The first kappa shape index (κ1) is 20.5. The summed E-state index contributed by atoms with van der Waals surface area (Å²) in [6, 6.07) is 15.2.